The molecule has 0 aliphatic rings. The minimum absolute atomic E-state index is 0.0446. The van der Waals surface area contributed by atoms with Crippen molar-refractivity contribution >= 4 is 11.8 Å². The molecular weight excluding hydrogens is 134 g/mol. The van der Waals surface area contributed by atoms with E-state index in [2.05, 4.69) is 4.74 Å². The molecule has 0 spiro atoms. The number of hydrogen-bond acceptors (Lipinski definition) is 4. The fourth-order valence-corrected chi connectivity index (χ4v) is 0.303. The lowest BCUT2D eigenvalue weighted by molar-refractivity contribution is -0.140. The maximum absolute atomic E-state index is 10.4. The molecule has 0 aromatic carbocycles. The summed E-state index contributed by atoms with van der Waals surface area (Å²) in [6.45, 7) is 1.46. The lowest BCUT2D eigenvalue weighted by Crippen LogP contribution is -2.13. The zero-order chi connectivity index (χ0) is 7.98. The third kappa shape index (κ3) is 5.03. The summed E-state index contributed by atoms with van der Waals surface area (Å²) in [4.78, 5) is 10.4. The number of carbonyl (C=O) groups is 1. The van der Waals surface area contributed by atoms with Gasteiger partial charge in [0.2, 0.25) is 0 Å². The van der Waals surface area contributed by atoms with E-state index in [1.807, 2.05) is 0 Å². The van der Waals surface area contributed by atoms with Crippen LogP contribution in [0.2, 0.25) is 0 Å². The Hall–Kier alpha value is -1.12. The third-order valence-corrected chi connectivity index (χ3v) is 0.657. The lowest BCUT2D eigenvalue weighted by Gasteiger charge is -2.01. The molecule has 0 aromatic heterocycles. The number of carbonyl (C=O) groups excluding carboxylic acids is 1. The van der Waals surface area contributed by atoms with E-state index in [9.17, 15) is 4.79 Å². The minimum atomic E-state index is -0.664. The van der Waals surface area contributed by atoms with Gasteiger partial charge >= 0.3 is 5.97 Å². The van der Waals surface area contributed by atoms with Crippen LogP contribution in [0.5, 0.6) is 0 Å². The molecule has 0 saturated heterocycles. The summed E-state index contributed by atoms with van der Waals surface area (Å²) in [6, 6.07) is 0. The quantitative estimate of drug-likeness (QED) is 0.324. The van der Waals surface area contributed by atoms with Crippen LogP contribution in [0.4, 0.5) is 0 Å². The van der Waals surface area contributed by atoms with Crippen LogP contribution < -0.4 is 0 Å². The van der Waals surface area contributed by atoms with E-state index < -0.39 is 12.1 Å². The van der Waals surface area contributed by atoms with E-state index in [0.717, 1.165) is 6.08 Å². The molecule has 0 saturated carbocycles. The highest BCUT2D eigenvalue weighted by molar-refractivity contribution is 5.90. The van der Waals surface area contributed by atoms with Crippen molar-refractivity contribution in [1.82, 2.24) is 0 Å². The first-order chi connectivity index (χ1) is 4.66. The maximum atomic E-state index is 10.4. The van der Waals surface area contributed by atoms with E-state index in [0.29, 0.717) is 0 Å². The monoisotopic (exact) mass is 143 g/mol. The molecular formula is C6H9NO3. The van der Waals surface area contributed by atoms with E-state index in [-0.39, 0.29) is 6.61 Å². The first-order valence-corrected chi connectivity index (χ1v) is 2.77. The molecule has 4 heteroatoms. The van der Waals surface area contributed by atoms with Crippen LogP contribution in [0, 0.1) is 5.41 Å². The van der Waals surface area contributed by atoms with Crippen molar-refractivity contribution in [3.63, 3.8) is 0 Å². The predicted molar refractivity (Wildman–Crippen MR) is 34.9 cm³/mol. The van der Waals surface area contributed by atoms with Gasteiger partial charge in [-0.05, 0) is 12.8 Å². The van der Waals surface area contributed by atoms with E-state index in [1.165, 1.54) is 6.92 Å². The minimum Gasteiger partial charge on any atom is -0.459 e. The van der Waals surface area contributed by atoms with Gasteiger partial charge in [-0.15, -0.1) is 0 Å². The van der Waals surface area contributed by atoms with Crippen LogP contribution in [-0.4, -0.2) is 29.7 Å². The Morgan fingerprint density at radius 3 is 3.00 bits per heavy atom. The van der Waals surface area contributed by atoms with Gasteiger partial charge in [0.05, 0.1) is 12.2 Å². The van der Waals surface area contributed by atoms with E-state index in [4.69, 9.17) is 10.5 Å². The highest BCUT2D eigenvalue weighted by atomic mass is 16.5. The molecule has 0 amide bonds. The number of rotatable bonds is 3. The van der Waals surface area contributed by atoms with Crippen molar-refractivity contribution in [3.05, 3.63) is 6.08 Å². The fourth-order valence-electron chi connectivity index (χ4n) is 0.303. The SMILES string of the molecule is CC(O)COC(=O)C=C=N. The Bertz CT molecular complexity index is 158. The lowest BCUT2D eigenvalue weighted by atomic mass is 10.4. The molecule has 10 heavy (non-hydrogen) atoms. The summed E-state index contributed by atoms with van der Waals surface area (Å²) in [5, 5.41) is 15.0. The van der Waals surface area contributed by atoms with Gasteiger partial charge in [-0.25, -0.2) is 4.79 Å². The summed E-state index contributed by atoms with van der Waals surface area (Å²) < 4.78 is 4.42. The summed E-state index contributed by atoms with van der Waals surface area (Å²) in [7, 11) is 0. The van der Waals surface area contributed by atoms with Crippen molar-refractivity contribution in [3.8, 4) is 0 Å². The molecule has 2 N–H and O–H groups in total. The van der Waals surface area contributed by atoms with Gasteiger partial charge in [0.25, 0.3) is 0 Å². The molecule has 0 aromatic rings. The van der Waals surface area contributed by atoms with Crippen LogP contribution in [0.15, 0.2) is 6.08 Å². The first kappa shape index (κ1) is 8.88. The molecule has 0 radical (unpaired) electrons. The molecule has 0 heterocycles. The smallest absolute Gasteiger partial charge is 0.340 e. The van der Waals surface area contributed by atoms with Crippen LogP contribution in [0.3, 0.4) is 0 Å². The van der Waals surface area contributed by atoms with Gasteiger partial charge in [-0.3, -0.25) is 5.41 Å². The maximum Gasteiger partial charge on any atom is 0.340 e. The fraction of sp³-hybridized carbons (Fsp3) is 0.500. The van der Waals surface area contributed by atoms with Crippen LogP contribution in [0.25, 0.3) is 0 Å². The Morgan fingerprint density at radius 2 is 2.60 bits per heavy atom. The highest BCUT2D eigenvalue weighted by Crippen LogP contribution is 1.83. The van der Waals surface area contributed by atoms with Gasteiger partial charge in [0, 0.05) is 0 Å². The van der Waals surface area contributed by atoms with Crippen LogP contribution in [0.1, 0.15) is 6.92 Å². The Kier molecular flexibility index (Phi) is 4.20. The Labute approximate surface area is 58.6 Å². The molecule has 0 rings (SSSR count). The van der Waals surface area contributed by atoms with Gasteiger partial charge in [0.15, 0.2) is 0 Å². The molecule has 0 bridgehead atoms. The molecule has 0 fully saturated rings. The summed E-state index contributed by atoms with van der Waals surface area (Å²) in [6.07, 6.45) is 0.186. The number of esters is 1. The van der Waals surface area contributed by atoms with Crippen molar-refractivity contribution < 1.29 is 14.6 Å². The Morgan fingerprint density at radius 1 is 2.00 bits per heavy atom. The highest BCUT2D eigenvalue weighted by Gasteiger charge is 1.99. The van der Waals surface area contributed by atoms with E-state index >= 15 is 0 Å². The second-order valence-corrected chi connectivity index (χ2v) is 1.77. The molecule has 1 atom stereocenters. The van der Waals surface area contributed by atoms with Crippen LogP contribution in [-0.2, 0) is 9.53 Å². The largest absolute Gasteiger partial charge is 0.459 e. The number of aliphatic hydroxyl groups is 1. The van der Waals surface area contributed by atoms with Gasteiger partial charge in [-0.1, -0.05) is 0 Å². The predicted octanol–water partition coefficient (Wildman–Crippen LogP) is -0.285. The van der Waals surface area contributed by atoms with Gasteiger partial charge < -0.3 is 9.84 Å². The van der Waals surface area contributed by atoms with Gasteiger partial charge in [0.1, 0.15) is 6.61 Å². The van der Waals surface area contributed by atoms with E-state index in [1.54, 1.807) is 5.87 Å². The van der Waals surface area contributed by atoms with Crippen molar-refractivity contribution in [1.29, 1.82) is 5.41 Å². The average molecular weight is 143 g/mol. The summed E-state index contributed by atoms with van der Waals surface area (Å²) >= 11 is 0. The zero-order valence-electron chi connectivity index (χ0n) is 5.63. The first-order valence-electron chi connectivity index (χ1n) is 2.77. The van der Waals surface area contributed by atoms with Crippen LogP contribution >= 0.6 is 0 Å². The normalized spacial score (nSPS) is 11.4. The molecule has 4 nitrogen and oxygen atoms in total. The second-order valence-electron chi connectivity index (χ2n) is 1.77. The zero-order valence-corrected chi connectivity index (χ0v) is 5.63. The number of nitrogens with one attached hydrogen (secondary N) is 1. The van der Waals surface area contributed by atoms with Crippen molar-refractivity contribution in [2.45, 2.75) is 13.0 Å². The average Bonchev–Trinajstić information content (AvgIpc) is 1.85. The third-order valence-electron chi connectivity index (χ3n) is 0.657. The molecule has 1 unspecified atom stereocenters. The van der Waals surface area contributed by atoms with Gasteiger partial charge in [-0.2, -0.15) is 0 Å². The Balaban J connectivity index is 3.50. The summed E-state index contributed by atoms with van der Waals surface area (Å²) in [5.41, 5.74) is 0. The van der Waals surface area contributed by atoms with Crippen molar-refractivity contribution in [2.75, 3.05) is 6.61 Å². The molecule has 0 aliphatic heterocycles. The standard InChI is InChI=1S/C6H9NO3/c1-5(8)4-10-6(9)2-3-7/h2,5,7-8H,4H2,1H3. The number of hydrogen-bond donors (Lipinski definition) is 2. The van der Waals surface area contributed by atoms with Crippen molar-refractivity contribution in [2.24, 2.45) is 0 Å². The molecule has 0 aliphatic carbocycles. The number of ether oxygens (including phenoxy) is 1. The topological polar surface area (TPSA) is 70.4 Å². The summed E-state index contributed by atoms with van der Waals surface area (Å²) in [5.74, 6) is 1.10. The number of aliphatic hydroxyl groups excluding tert-OH is 1. The second kappa shape index (κ2) is 4.73. The molecule has 56 valence electrons.